The molecule has 1 saturated heterocycles. The summed E-state index contributed by atoms with van der Waals surface area (Å²) >= 11 is 1.67. The predicted octanol–water partition coefficient (Wildman–Crippen LogP) is 2.05. The van der Waals surface area contributed by atoms with Gasteiger partial charge in [0.1, 0.15) is 0 Å². The van der Waals surface area contributed by atoms with E-state index in [4.69, 9.17) is 0 Å². The van der Waals surface area contributed by atoms with Crippen LogP contribution in [-0.4, -0.2) is 49.3 Å². The zero-order valence-corrected chi connectivity index (χ0v) is 20.3. The lowest BCUT2D eigenvalue weighted by atomic mass is 9.80. The van der Waals surface area contributed by atoms with Gasteiger partial charge in [-0.25, -0.2) is 14.8 Å². The molecular weight excluding hydrogens is 450 g/mol. The number of rotatable bonds is 5. The van der Waals surface area contributed by atoms with Crippen LogP contribution >= 0.6 is 11.3 Å². The highest BCUT2D eigenvalue weighted by Gasteiger charge is 2.42. The molecule has 0 aliphatic carbocycles. The van der Waals surface area contributed by atoms with Crippen LogP contribution in [-0.2, 0) is 6.42 Å². The number of H-pyrrole nitrogens is 2. The number of fused-ring (bicyclic) bond motifs is 2. The predicted molar refractivity (Wildman–Crippen MR) is 135 cm³/mol. The first kappa shape index (κ1) is 22.4. The first-order valence-electron chi connectivity index (χ1n) is 11.4. The summed E-state index contributed by atoms with van der Waals surface area (Å²) < 4.78 is 2.38. The van der Waals surface area contributed by atoms with Gasteiger partial charge in [-0.15, -0.1) is 17.3 Å². The molecular formula is C24H27N7O2S. The van der Waals surface area contributed by atoms with Crippen molar-refractivity contribution >= 4 is 32.7 Å². The number of piperidine rings is 1. The van der Waals surface area contributed by atoms with Crippen molar-refractivity contribution in [3.05, 3.63) is 55.9 Å². The second kappa shape index (κ2) is 8.74. The topological polar surface area (TPSA) is 112 Å². The number of hydrogen-bond donors (Lipinski definition) is 3. The van der Waals surface area contributed by atoms with E-state index < -0.39 is 11.2 Å². The molecule has 4 heterocycles. The second-order valence-corrected chi connectivity index (χ2v) is 10.1. The molecule has 2 atom stereocenters. The van der Waals surface area contributed by atoms with E-state index in [1.54, 1.807) is 11.3 Å². The van der Waals surface area contributed by atoms with E-state index in [9.17, 15) is 9.59 Å². The van der Waals surface area contributed by atoms with Gasteiger partial charge in [0.25, 0.3) is 0 Å². The van der Waals surface area contributed by atoms with Crippen LogP contribution in [0.2, 0.25) is 0 Å². The third-order valence-corrected chi connectivity index (χ3v) is 7.58. The second-order valence-electron chi connectivity index (χ2n) is 8.89. The molecule has 0 amide bonds. The molecule has 10 heteroatoms. The molecule has 1 aromatic carbocycles. The van der Waals surface area contributed by atoms with Crippen LogP contribution in [0, 0.1) is 18.8 Å². The maximum atomic E-state index is 13.3. The Morgan fingerprint density at radius 1 is 1.35 bits per heavy atom. The fourth-order valence-electron chi connectivity index (χ4n) is 4.94. The van der Waals surface area contributed by atoms with Crippen molar-refractivity contribution < 1.29 is 0 Å². The van der Waals surface area contributed by atoms with Crippen molar-refractivity contribution in [1.29, 1.82) is 0 Å². The summed E-state index contributed by atoms with van der Waals surface area (Å²) in [6.07, 6.45) is 3.81. The minimum absolute atomic E-state index is 0.162. The molecule has 0 radical (unpaired) electrons. The molecule has 34 heavy (non-hydrogen) atoms. The van der Waals surface area contributed by atoms with Gasteiger partial charge in [0, 0.05) is 12.1 Å². The van der Waals surface area contributed by atoms with E-state index in [2.05, 4.69) is 56.2 Å². The van der Waals surface area contributed by atoms with Crippen LogP contribution in [0.15, 0.2) is 34.1 Å². The zero-order chi connectivity index (χ0) is 23.9. The SMILES string of the molecule is CC#CCNC1(C)CCCN(n2c(=O)[nH]c3nc[nH]c3c2=O)C1Cc1ccc2nc(C)sc2c1. The highest BCUT2D eigenvalue weighted by Crippen LogP contribution is 2.30. The summed E-state index contributed by atoms with van der Waals surface area (Å²) in [6.45, 7) is 7.11. The lowest BCUT2D eigenvalue weighted by molar-refractivity contribution is 0.199. The highest BCUT2D eigenvalue weighted by molar-refractivity contribution is 7.18. The number of nitrogens with zero attached hydrogens (tertiary/aromatic N) is 4. The molecule has 176 valence electrons. The number of aromatic nitrogens is 5. The molecule has 9 nitrogen and oxygen atoms in total. The maximum Gasteiger partial charge on any atom is 0.349 e. The molecule has 1 aliphatic heterocycles. The Hall–Kier alpha value is -3.42. The lowest BCUT2D eigenvalue weighted by Crippen LogP contribution is -2.69. The monoisotopic (exact) mass is 477 g/mol. The molecule has 1 fully saturated rings. The van der Waals surface area contributed by atoms with E-state index in [1.807, 2.05) is 24.9 Å². The highest BCUT2D eigenvalue weighted by atomic mass is 32.1. The van der Waals surface area contributed by atoms with E-state index in [1.165, 1.54) is 11.0 Å². The van der Waals surface area contributed by atoms with Gasteiger partial charge >= 0.3 is 11.2 Å². The maximum absolute atomic E-state index is 13.3. The summed E-state index contributed by atoms with van der Waals surface area (Å²) in [5.41, 5.74) is 1.43. The summed E-state index contributed by atoms with van der Waals surface area (Å²) in [5, 5.41) is 6.55. The van der Waals surface area contributed by atoms with Crippen molar-refractivity contribution in [3.8, 4) is 11.8 Å². The van der Waals surface area contributed by atoms with E-state index in [-0.39, 0.29) is 22.7 Å². The van der Waals surface area contributed by atoms with Gasteiger partial charge in [0.15, 0.2) is 11.2 Å². The standard InChI is InChI=1S/C24H27N7O2S/c1-4-5-10-27-24(3)9-6-11-30(31-22(32)20-21(26-14-25-20)29-23(31)33)19(24)13-16-7-8-17-18(12-16)34-15(2)28-17/h7-8,12,14,19,27H,6,9-11,13H2,1-3H3,(H,25,26)(H,29,33). The van der Waals surface area contributed by atoms with Gasteiger partial charge in [-0.05, 0) is 57.7 Å². The van der Waals surface area contributed by atoms with E-state index in [0.717, 1.165) is 33.6 Å². The summed E-state index contributed by atoms with van der Waals surface area (Å²) in [4.78, 5) is 40.6. The van der Waals surface area contributed by atoms with Crippen LogP contribution in [0.4, 0.5) is 0 Å². The first-order valence-corrected chi connectivity index (χ1v) is 12.2. The van der Waals surface area contributed by atoms with Crippen LogP contribution in [0.1, 0.15) is 37.3 Å². The molecule has 0 spiro atoms. The molecule has 1 aliphatic rings. The minimum Gasteiger partial charge on any atom is -0.339 e. The molecule has 4 aromatic rings. The molecule has 0 saturated carbocycles. The first-order chi connectivity index (χ1) is 16.4. The number of hydrogen-bond acceptors (Lipinski definition) is 7. The van der Waals surface area contributed by atoms with Crippen LogP contribution in [0.5, 0.6) is 0 Å². The zero-order valence-electron chi connectivity index (χ0n) is 19.4. The Labute approximate surface area is 200 Å². The van der Waals surface area contributed by atoms with Crippen molar-refractivity contribution in [1.82, 2.24) is 29.9 Å². The molecule has 3 N–H and O–H groups in total. The fraction of sp³-hybridized carbons (Fsp3) is 0.417. The van der Waals surface area contributed by atoms with Gasteiger partial charge in [-0.3, -0.25) is 15.1 Å². The van der Waals surface area contributed by atoms with Gasteiger partial charge in [-0.1, -0.05) is 12.0 Å². The summed E-state index contributed by atoms with van der Waals surface area (Å²) in [7, 11) is 0. The third-order valence-electron chi connectivity index (χ3n) is 6.64. The average Bonchev–Trinajstić information content (AvgIpc) is 3.41. The number of nitrogens with one attached hydrogen (secondary N) is 3. The Morgan fingerprint density at radius 3 is 3.03 bits per heavy atom. The minimum atomic E-state index is -0.485. The molecule has 5 rings (SSSR count). The smallest absolute Gasteiger partial charge is 0.339 e. The Kier molecular flexibility index (Phi) is 5.75. The van der Waals surface area contributed by atoms with Crippen molar-refractivity contribution in [2.75, 3.05) is 18.1 Å². The van der Waals surface area contributed by atoms with E-state index in [0.29, 0.717) is 19.5 Å². The van der Waals surface area contributed by atoms with Crippen LogP contribution < -0.4 is 21.6 Å². The number of aromatic amines is 2. The number of aryl methyl sites for hydroxylation is 1. The normalized spacial score (nSPS) is 20.6. The fourth-order valence-corrected chi connectivity index (χ4v) is 5.83. The molecule has 2 unspecified atom stereocenters. The summed E-state index contributed by atoms with van der Waals surface area (Å²) in [6, 6.07) is 6.14. The lowest BCUT2D eigenvalue weighted by Gasteiger charge is -2.49. The van der Waals surface area contributed by atoms with Gasteiger partial charge in [-0.2, -0.15) is 4.68 Å². The van der Waals surface area contributed by atoms with Crippen molar-refractivity contribution in [3.63, 3.8) is 0 Å². The van der Waals surface area contributed by atoms with Gasteiger partial charge in [0.2, 0.25) is 0 Å². The van der Waals surface area contributed by atoms with Crippen LogP contribution in [0.25, 0.3) is 21.4 Å². The molecule has 0 bridgehead atoms. The summed E-state index contributed by atoms with van der Waals surface area (Å²) in [5.74, 6) is 6.03. The Bertz CT molecular complexity index is 1540. The van der Waals surface area contributed by atoms with Gasteiger partial charge < -0.3 is 9.99 Å². The average molecular weight is 478 g/mol. The number of benzene rings is 1. The van der Waals surface area contributed by atoms with E-state index >= 15 is 0 Å². The Balaban J connectivity index is 1.60. The Morgan fingerprint density at radius 2 is 2.21 bits per heavy atom. The largest absolute Gasteiger partial charge is 0.349 e. The quantitative estimate of drug-likeness (QED) is 0.380. The van der Waals surface area contributed by atoms with Crippen LogP contribution in [0.3, 0.4) is 0 Å². The molecule has 3 aromatic heterocycles. The van der Waals surface area contributed by atoms with Gasteiger partial charge in [0.05, 0.1) is 34.1 Å². The van der Waals surface area contributed by atoms with Crippen molar-refractivity contribution in [2.45, 2.75) is 51.6 Å². The van der Waals surface area contributed by atoms with Crippen molar-refractivity contribution in [2.24, 2.45) is 0 Å². The number of imidazole rings is 1. The number of thiazole rings is 1. The third kappa shape index (κ3) is 3.91.